The van der Waals surface area contributed by atoms with Gasteiger partial charge in [-0.25, -0.2) is 0 Å². The van der Waals surface area contributed by atoms with Crippen molar-refractivity contribution in [3.63, 3.8) is 0 Å². The lowest BCUT2D eigenvalue weighted by molar-refractivity contribution is -0.390. The number of hydrogen-bond acceptors (Lipinski definition) is 3. The van der Waals surface area contributed by atoms with Crippen molar-refractivity contribution in [2.45, 2.75) is 45.6 Å². The van der Waals surface area contributed by atoms with Gasteiger partial charge in [-0.15, -0.1) is 0 Å². The standard InChI is InChI=1S/C10H16BrN3O2/c1-2-3-4-5-6-7-13-8-9(11)10(12-13)14(15)16/h8H,2-7H2,1H3. The van der Waals surface area contributed by atoms with Crippen LogP contribution in [0.3, 0.4) is 0 Å². The van der Waals surface area contributed by atoms with Gasteiger partial charge >= 0.3 is 5.82 Å². The molecule has 0 aliphatic rings. The van der Waals surface area contributed by atoms with Crippen molar-refractivity contribution in [3.05, 3.63) is 20.8 Å². The molecule has 0 aromatic carbocycles. The lowest BCUT2D eigenvalue weighted by atomic mass is 10.1. The smallest absolute Gasteiger partial charge is 0.358 e. The first kappa shape index (κ1) is 13.2. The summed E-state index contributed by atoms with van der Waals surface area (Å²) < 4.78 is 2.08. The van der Waals surface area contributed by atoms with Crippen LogP contribution in [0.25, 0.3) is 0 Å². The second-order valence-corrected chi connectivity index (χ2v) is 4.59. The molecule has 0 unspecified atom stereocenters. The molecule has 0 radical (unpaired) electrons. The number of unbranched alkanes of at least 4 members (excludes halogenated alkanes) is 4. The molecule has 1 aromatic rings. The molecule has 6 heteroatoms. The highest BCUT2D eigenvalue weighted by molar-refractivity contribution is 9.10. The van der Waals surface area contributed by atoms with Gasteiger partial charge in [-0.3, -0.25) is 0 Å². The highest BCUT2D eigenvalue weighted by Crippen LogP contribution is 2.22. The molecule has 0 saturated carbocycles. The second-order valence-electron chi connectivity index (χ2n) is 3.74. The summed E-state index contributed by atoms with van der Waals surface area (Å²) in [5.41, 5.74) is 0. The van der Waals surface area contributed by atoms with Crippen LogP contribution in [0.1, 0.15) is 39.0 Å². The molecule has 0 aliphatic carbocycles. The molecule has 16 heavy (non-hydrogen) atoms. The SMILES string of the molecule is CCCCCCCn1cc(Br)c([N+](=O)[O-])n1. The van der Waals surface area contributed by atoms with Crippen molar-refractivity contribution in [2.24, 2.45) is 0 Å². The van der Waals surface area contributed by atoms with Crippen LogP contribution in [-0.2, 0) is 6.54 Å². The molecule has 1 aromatic heterocycles. The van der Waals surface area contributed by atoms with Gasteiger partial charge in [0.2, 0.25) is 0 Å². The van der Waals surface area contributed by atoms with E-state index in [-0.39, 0.29) is 5.82 Å². The van der Waals surface area contributed by atoms with Crippen molar-refractivity contribution >= 4 is 21.7 Å². The number of aryl methyl sites for hydroxylation is 1. The Balaban J connectivity index is 2.37. The van der Waals surface area contributed by atoms with Gasteiger partial charge < -0.3 is 10.1 Å². The number of halogens is 1. The number of nitro groups is 1. The second kappa shape index (κ2) is 6.62. The molecule has 0 spiro atoms. The Hall–Kier alpha value is -0.910. The van der Waals surface area contributed by atoms with Crippen LogP contribution in [0.5, 0.6) is 0 Å². The van der Waals surface area contributed by atoms with Gasteiger partial charge in [0.05, 0.1) is 17.8 Å². The van der Waals surface area contributed by atoms with E-state index in [0.29, 0.717) is 4.47 Å². The quantitative estimate of drug-likeness (QED) is 0.438. The summed E-state index contributed by atoms with van der Waals surface area (Å²) in [5, 5.41) is 14.4. The molecule has 1 rings (SSSR count). The lowest BCUT2D eigenvalue weighted by Crippen LogP contribution is -1.99. The predicted octanol–water partition coefficient (Wildman–Crippen LogP) is 3.52. The van der Waals surface area contributed by atoms with E-state index in [9.17, 15) is 10.1 Å². The fraction of sp³-hybridized carbons (Fsp3) is 0.700. The van der Waals surface area contributed by atoms with Gasteiger partial charge in [-0.05, 0) is 27.3 Å². The summed E-state index contributed by atoms with van der Waals surface area (Å²) in [4.78, 5) is 10.1. The first-order valence-electron chi connectivity index (χ1n) is 5.52. The molecule has 0 amide bonds. The van der Waals surface area contributed by atoms with Crippen molar-refractivity contribution < 1.29 is 4.92 Å². The van der Waals surface area contributed by atoms with E-state index < -0.39 is 4.92 Å². The predicted molar refractivity (Wildman–Crippen MR) is 65.3 cm³/mol. The minimum atomic E-state index is -0.475. The van der Waals surface area contributed by atoms with Crippen molar-refractivity contribution in [1.29, 1.82) is 0 Å². The van der Waals surface area contributed by atoms with Gasteiger partial charge in [-0.1, -0.05) is 32.6 Å². The molecule has 5 nitrogen and oxygen atoms in total. The van der Waals surface area contributed by atoms with Gasteiger partial charge in [0.1, 0.15) is 4.47 Å². The Bertz CT molecular complexity index is 352. The minimum Gasteiger partial charge on any atom is -0.358 e. The van der Waals surface area contributed by atoms with E-state index in [0.717, 1.165) is 19.4 Å². The molecule has 0 fully saturated rings. The largest absolute Gasteiger partial charge is 0.404 e. The lowest BCUT2D eigenvalue weighted by Gasteiger charge is -1.97. The van der Waals surface area contributed by atoms with E-state index in [4.69, 9.17) is 0 Å². The maximum absolute atomic E-state index is 10.5. The van der Waals surface area contributed by atoms with E-state index in [2.05, 4.69) is 28.0 Å². The molecule has 1 heterocycles. The highest BCUT2D eigenvalue weighted by Gasteiger charge is 2.17. The van der Waals surface area contributed by atoms with E-state index in [1.807, 2.05) is 0 Å². The van der Waals surface area contributed by atoms with Crippen LogP contribution >= 0.6 is 15.9 Å². The summed E-state index contributed by atoms with van der Waals surface area (Å²) in [7, 11) is 0. The molecule has 0 bridgehead atoms. The summed E-state index contributed by atoms with van der Waals surface area (Å²) in [6, 6.07) is 0. The van der Waals surface area contributed by atoms with Crippen LogP contribution < -0.4 is 0 Å². The Morgan fingerprint density at radius 3 is 2.69 bits per heavy atom. The number of aromatic nitrogens is 2. The number of hydrogen-bond donors (Lipinski definition) is 0. The summed E-state index contributed by atoms with van der Waals surface area (Å²) >= 11 is 3.13. The van der Waals surface area contributed by atoms with E-state index in [1.54, 1.807) is 10.9 Å². The first-order chi connectivity index (χ1) is 7.65. The number of rotatable bonds is 7. The molecular weight excluding hydrogens is 274 g/mol. The molecule has 90 valence electrons. The Morgan fingerprint density at radius 2 is 2.12 bits per heavy atom. The third kappa shape index (κ3) is 3.92. The van der Waals surface area contributed by atoms with Crippen LogP contribution in [0.15, 0.2) is 10.7 Å². The molecule has 0 atom stereocenters. The molecule has 0 N–H and O–H groups in total. The molecule has 0 aliphatic heterocycles. The fourth-order valence-corrected chi connectivity index (χ4v) is 1.96. The van der Waals surface area contributed by atoms with E-state index >= 15 is 0 Å². The van der Waals surface area contributed by atoms with Gasteiger partial charge in [-0.2, -0.15) is 4.68 Å². The molecule has 0 saturated heterocycles. The van der Waals surface area contributed by atoms with Crippen LogP contribution in [0.2, 0.25) is 0 Å². The maximum atomic E-state index is 10.5. The van der Waals surface area contributed by atoms with Crippen molar-refractivity contribution in [3.8, 4) is 0 Å². The zero-order valence-corrected chi connectivity index (χ0v) is 10.9. The number of nitrogens with zero attached hydrogens (tertiary/aromatic N) is 3. The highest BCUT2D eigenvalue weighted by atomic mass is 79.9. The van der Waals surface area contributed by atoms with Crippen LogP contribution in [-0.4, -0.2) is 14.7 Å². The average Bonchev–Trinajstić information content (AvgIpc) is 2.59. The van der Waals surface area contributed by atoms with Crippen molar-refractivity contribution in [1.82, 2.24) is 9.78 Å². The topological polar surface area (TPSA) is 61.0 Å². The molecular formula is C10H16BrN3O2. The van der Waals surface area contributed by atoms with Crippen LogP contribution in [0, 0.1) is 10.1 Å². The normalized spacial score (nSPS) is 10.6. The Morgan fingerprint density at radius 1 is 1.44 bits per heavy atom. The Kier molecular flexibility index (Phi) is 5.45. The maximum Gasteiger partial charge on any atom is 0.404 e. The first-order valence-corrected chi connectivity index (χ1v) is 6.31. The fourth-order valence-electron chi connectivity index (χ4n) is 1.50. The van der Waals surface area contributed by atoms with Gasteiger partial charge in [0.25, 0.3) is 0 Å². The van der Waals surface area contributed by atoms with Crippen molar-refractivity contribution in [2.75, 3.05) is 0 Å². The summed E-state index contributed by atoms with van der Waals surface area (Å²) in [6.45, 7) is 2.92. The van der Waals surface area contributed by atoms with E-state index in [1.165, 1.54) is 19.3 Å². The zero-order chi connectivity index (χ0) is 12.0. The van der Waals surface area contributed by atoms with Gasteiger partial charge in [0, 0.05) is 0 Å². The monoisotopic (exact) mass is 289 g/mol. The third-order valence-electron chi connectivity index (χ3n) is 2.36. The summed E-state index contributed by atoms with van der Waals surface area (Å²) in [6.07, 6.45) is 7.53. The third-order valence-corrected chi connectivity index (χ3v) is 2.92. The van der Waals surface area contributed by atoms with Crippen LogP contribution in [0.4, 0.5) is 5.82 Å². The average molecular weight is 290 g/mol. The zero-order valence-electron chi connectivity index (χ0n) is 9.36. The summed E-state index contributed by atoms with van der Waals surface area (Å²) in [5.74, 6) is -0.103. The Labute approximate surface area is 103 Å². The minimum absolute atomic E-state index is 0.103. The van der Waals surface area contributed by atoms with Gasteiger partial charge in [0.15, 0.2) is 0 Å².